The molecule has 1 aliphatic carbocycles. The van der Waals surface area contributed by atoms with Crippen molar-refractivity contribution in [3.8, 4) is 0 Å². The average Bonchev–Trinajstić information content (AvgIpc) is 3.28. The Kier molecular flexibility index (Phi) is 3.62. The number of aromatic nitrogens is 1. The molecule has 0 saturated heterocycles. The maximum atomic E-state index is 4.78. The molecule has 1 aromatic heterocycles. The minimum atomic E-state index is 0.480. The third kappa shape index (κ3) is 2.78. The smallest absolute Gasteiger partial charge is 0.0726 e. The molecule has 1 aliphatic rings. The van der Waals surface area contributed by atoms with Gasteiger partial charge >= 0.3 is 0 Å². The third-order valence-corrected chi connectivity index (χ3v) is 3.91. The van der Waals surface area contributed by atoms with Crippen LogP contribution in [0.1, 0.15) is 32.4 Å². The molecule has 0 spiro atoms. The molecule has 3 nitrogen and oxygen atoms in total. The summed E-state index contributed by atoms with van der Waals surface area (Å²) in [5.74, 6) is 0. The molecule has 0 atom stereocenters. The molecular formula is C17H23N3. The summed E-state index contributed by atoms with van der Waals surface area (Å²) in [5, 5.41) is 4.72. The highest BCUT2D eigenvalue weighted by Crippen LogP contribution is 2.34. The van der Waals surface area contributed by atoms with Gasteiger partial charge in [-0.1, -0.05) is 32.0 Å². The Bertz CT molecular complexity index is 602. The first-order valence-corrected chi connectivity index (χ1v) is 7.50. The van der Waals surface area contributed by atoms with Crippen LogP contribution in [0, 0.1) is 0 Å². The van der Waals surface area contributed by atoms with Crippen molar-refractivity contribution in [2.45, 2.75) is 45.3 Å². The van der Waals surface area contributed by atoms with Gasteiger partial charge in [0.25, 0.3) is 0 Å². The van der Waals surface area contributed by atoms with E-state index >= 15 is 0 Å². The molecule has 0 bridgehead atoms. The van der Waals surface area contributed by atoms with Gasteiger partial charge in [-0.2, -0.15) is 0 Å². The predicted molar refractivity (Wildman–Crippen MR) is 85.1 cm³/mol. The van der Waals surface area contributed by atoms with Gasteiger partial charge in [0, 0.05) is 36.7 Å². The molecule has 1 aromatic carbocycles. The molecule has 2 aromatic rings. The maximum Gasteiger partial charge on any atom is 0.0726 e. The molecule has 1 heterocycles. The Balaban J connectivity index is 2.00. The summed E-state index contributed by atoms with van der Waals surface area (Å²) in [4.78, 5) is 7.20. The number of rotatable bonds is 5. The monoisotopic (exact) mass is 269 g/mol. The number of para-hydroxylation sites is 1. The highest BCUT2D eigenvalue weighted by Gasteiger charge is 2.27. The van der Waals surface area contributed by atoms with Gasteiger partial charge in [0.05, 0.1) is 11.2 Å². The second-order valence-electron chi connectivity index (χ2n) is 6.03. The van der Waals surface area contributed by atoms with Crippen LogP contribution in [-0.4, -0.2) is 24.1 Å². The third-order valence-electron chi connectivity index (χ3n) is 3.91. The van der Waals surface area contributed by atoms with Crippen molar-refractivity contribution in [1.29, 1.82) is 0 Å². The first-order valence-electron chi connectivity index (χ1n) is 7.50. The first-order chi connectivity index (χ1) is 9.65. The van der Waals surface area contributed by atoms with Crippen molar-refractivity contribution in [2.75, 3.05) is 11.9 Å². The minimum absolute atomic E-state index is 0.480. The van der Waals surface area contributed by atoms with Gasteiger partial charge < -0.3 is 10.2 Å². The Morgan fingerprint density at radius 1 is 1.30 bits per heavy atom. The van der Waals surface area contributed by atoms with Crippen LogP contribution in [-0.2, 0) is 6.54 Å². The molecule has 1 N–H and O–H groups in total. The van der Waals surface area contributed by atoms with Gasteiger partial charge in [0.1, 0.15) is 0 Å². The summed E-state index contributed by atoms with van der Waals surface area (Å²) in [5.41, 5.74) is 3.54. The van der Waals surface area contributed by atoms with E-state index < -0.39 is 0 Å². The highest BCUT2D eigenvalue weighted by atomic mass is 15.2. The quantitative estimate of drug-likeness (QED) is 0.902. The number of anilines is 1. The van der Waals surface area contributed by atoms with E-state index in [1.54, 1.807) is 0 Å². The van der Waals surface area contributed by atoms with Crippen molar-refractivity contribution < 1.29 is 0 Å². The SMILES string of the molecule is CC(C)NCc1cc(N(C)C2CC2)c2ccccc2n1. The fraction of sp³-hybridized carbons (Fsp3) is 0.471. The summed E-state index contributed by atoms with van der Waals surface area (Å²) in [6.07, 6.45) is 2.62. The number of fused-ring (bicyclic) bond motifs is 1. The van der Waals surface area contributed by atoms with Crippen molar-refractivity contribution in [2.24, 2.45) is 0 Å². The molecule has 0 amide bonds. The van der Waals surface area contributed by atoms with E-state index in [9.17, 15) is 0 Å². The number of nitrogens with zero attached hydrogens (tertiary/aromatic N) is 2. The molecule has 0 unspecified atom stereocenters. The maximum absolute atomic E-state index is 4.78. The lowest BCUT2D eigenvalue weighted by Gasteiger charge is -2.22. The van der Waals surface area contributed by atoms with Crippen molar-refractivity contribution in [1.82, 2.24) is 10.3 Å². The van der Waals surface area contributed by atoms with Crippen molar-refractivity contribution in [3.63, 3.8) is 0 Å². The Hall–Kier alpha value is -1.61. The molecule has 3 heteroatoms. The van der Waals surface area contributed by atoms with Crippen LogP contribution in [0.3, 0.4) is 0 Å². The zero-order valence-electron chi connectivity index (χ0n) is 12.6. The average molecular weight is 269 g/mol. The fourth-order valence-electron chi connectivity index (χ4n) is 2.56. The fourth-order valence-corrected chi connectivity index (χ4v) is 2.56. The van der Waals surface area contributed by atoms with Crippen LogP contribution >= 0.6 is 0 Å². The standard InChI is InChI=1S/C17H23N3/c1-12(2)18-11-13-10-17(20(3)14-8-9-14)15-6-4-5-7-16(15)19-13/h4-7,10,12,14,18H,8-9,11H2,1-3H3. The van der Waals surface area contributed by atoms with Gasteiger partial charge in [-0.3, -0.25) is 4.98 Å². The lowest BCUT2D eigenvalue weighted by Crippen LogP contribution is -2.24. The highest BCUT2D eigenvalue weighted by molar-refractivity contribution is 5.92. The molecule has 1 saturated carbocycles. The van der Waals surface area contributed by atoms with Crippen LogP contribution in [0.15, 0.2) is 30.3 Å². The van der Waals surface area contributed by atoms with Gasteiger partial charge in [-0.25, -0.2) is 0 Å². The second kappa shape index (κ2) is 5.41. The van der Waals surface area contributed by atoms with E-state index in [0.717, 1.165) is 17.8 Å². The zero-order chi connectivity index (χ0) is 14.1. The lowest BCUT2D eigenvalue weighted by molar-refractivity contribution is 0.582. The second-order valence-corrected chi connectivity index (χ2v) is 6.03. The minimum Gasteiger partial charge on any atom is -0.371 e. The zero-order valence-corrected chi connectivity index (χ0v) is 12.6. The van der Waals surface area contributed by atoms with Crippen molar-refractivity contribution >= 4 is 16.6 Å². The summed E-state index contributed by atoms with van der Waals surface area (Å²) in [6, 6.07) is 11.9. The largest absolute Gasteiger partial charge is 0.371 e. The van der Waals surface area contributed by atoms with E-state index in [0.29, 0.717) is 12.1 Å². The number of benzene rings is 1. The molecule has 106 valence electrons. The first kappa shape index (κ1) is 13.4. The van der Waals surface area contributed by atoms with Crippen LogP contribution < -0.4 is 10.2 Å². The topological polar surface area (TPSA) is 28.2 Å². The molecule has 1 fully saturated rings. The number of hydrogen-bond donors (Lipinski definition) is 1. The molecule has 0 radical (unpaired) electrons. The molecular weight excluding hydrogens is 246 g/mol. The Morgan fingerprint density at radius 3 is 2.75 bits per heavy atom. The van der Waals surface area contributed by atoms with E-state index in [1.807, 2.05) is 0 Å². The normalized spacial score (nSPS) is 15.0. The van der Waals surface area contributed by atoms with Crippen LogP contribution in [0.2, 0.25) is 0 Å². The van der Waals surface area contributed by atoms with Crippen LogP contribution in [0.4, 0.5) is 5.69 Å². The Labute approximate surface area is 121 Å². The number of nitrogens with one attached hydrogen (secondary N) is 1. The van der Waals surface area contributed by atoms with Gasteiger partial charge in [-0.05, 0) is 25.0 Å². The van der Waals surface area contributed by atoms with Gasteiger partial charge in [0.2, 0.25) is 0 Å². The molecule has 0 aliphatic heterocycles. The number of pyridine rings is 1. The summed E-state index contributed by atoms with van der Waals surface area (Å²) < 4.78 is 0. The molecule has 20 heavy (non-hydrogen) atoms. The van der Waals surface area contributed by atoms with Crippen molar-refractivity contribution in [3.05, 3.63) is 36.0 Å². The summed E-state index contributed by atoms with van der Waals surface area (Å²) in [6.45, 7) is 5.16. The van der Waals surface area contributed by atoms with Crippen LogP contribution in [0.5, 0.6) is 0 Å². The van der Waals surface area contributed by atoms with Crippen LogP contribution in [0.25, 0.3) is 10.9 Å². The summed E-state index contributed by atoms with van der Waals surface area (Å²) in [7, 11) is 2.21. The van der Waals surface area contributed by atoms with E-state index in [4.69, 9.17) is 4.98 Å². The van der Waals surface area contributed by atoms with E-state index in [1.165, 1.54) is 23.9 Å². The molecule has 3 rings (SSSR count). The van der Waals surface area contributed by atoms with Gasteiger partial charge in [-0.15, -0.1) is 0 Å². The predicted octanol–water partition coefficient (Wildman–Crippen LogP) is 3.33. The lowest BCUT2D eigenvalue weighted by atomic mass is 10.1. The van der Waals surface area contributed by atoms with Gasteiger partial charge in [0.15, 0.2) is 0 Å². The van der Waals surface area contributed by atoms with E-state index in [2.05, 4.69) is 61.4 Å². The Morgan fingerprint density at radius 2 is 2.05 bits per heavy atom. The number of hydrogen-bond acceptors (Lipinski definition) is 3. The summed E-state index contributed by atoms with van der Waals surface area (Å²) >= 11 is 0. The van der Waals surface area contributed by atoms with E-state index in [-0.39, 0.29) is 0 Å².